The van der Waals surface area contributed by atoms with Gasteiger partial charge in [-0.15, -0.1) is 0 Å². The first-order valence-corrected chi connectivity index (χ1v) is 8.26. The Labute approximate surface area is 135 Å². The molecule has 1 aromatic rings. The first-order chi connectivity index (χ1) is 9.77. The predicted molar refractivity (Wildman–Crippen MR) is 90.2 cm³/mol. The van der Waals surface area contributed by atoms with Gasteiger partial charge in [-0.3, -0.25) is 0 Å². The molecule has 0 spiro atoms. The minimum atomic E-state index is -0.283. The molecule has 3 nitrogen and oxygen atoms in total. The molecule has 4 heteroatoms. The Balaban J connectivity index is 2.67. The number of hydrogen-bond acceptors (Lipinski definition) is 3. The molecule has 0 atom stereocenters. The fourth-order valence-corrected chi connectivity index (χ4v) is 3.78. The topological polar surface area (TPSA) is 29.5 Å². The van der Waals surface area contributed by atoms with E-state index in [1.165, 1.54) is 18.4 Å². The first-order valence-electron chi connectivity index (χ1n) is 7.47. The fourth-order valence-electron chi connectivity index (χ4n) is 3.10. The normalized spacial score (nSPS) is 17.4. The van der Waals surface area contributed by atoms with E-state index in [-0.39, 0.29) is 11.4 Å². The van der Waals surface area contributed by atoms with E-state index in [0.717, 1.165) is 23.9 Å². The van der Waals surface area contributed by atoms with Crippen LogP contribution in [-0.2, 0) is 10.2 Å². The molecule has 0 amide bonds. The Morgan fingerprint density at radius 3 is 2.62 bits per heavy atom. The Kier molecular flexibility index (Phi) is 4.66. The third-order valence-corrected chi connectivity index (χ3v) is 4.93. The first kappa shape index (κ1) is 16.3. The molecular weight excluding hydrogens is 330 g/mol. The van der Waals surface area contributed by atoms with Gasteiger partial charge < -0.3 is 9.64 Å². The quantitative estimate of drug-likeness (QED) is 0.732. The zero-order valence-corrected chi connectivity index (χ0v) is 15.1. The number of anilines is 1. The van der Waals surface area contributed by atoms with Crippen LogP contribution >= 0.6 is 15.9 Å². The van der Waals surface area contributed by atoms with Gasteiger partial charge in [0, 0.05) is 17.1 Å². The number of carbonyl (C=O) groups excluding carboxylic acids is 1. The van der Waals surface area contributed by atoms with Crippen LogP contribution in [0.2, 0.25) is 0 Å². The van der Waals surface area contributed by atoms with E-state index >= 15 is 0 Å². The summed E-state index contributed by atoms with van der Waals surface area (Å²) in [6, 6.07) is 4.31. The average Bonchev–Trinajstić information content (AvgIpc) is 2.55. The van der Waals surface area contributed by atoms with Gasteiger partial charge in [-0.25, -0.2) is 4.79 Å². The van der Waals surface area contributed by atoms with Crippen molar-refractivity contribution in [2.24, 2.45) is 0 Å². The smallest absolute Gasteiger partial charge is 0.337 e. The Bertz CT molecular complexity index is 552. The highest BCUT2D eigenvalue weighted by Gasteiger charge is 2.32. The van der Waals surface area contributed by atoms with Gasteiger partial charge in [0.1, 0.15) is 0 Å². The summed E-state index contributed by atoms with van der Waals surface area (Å²) in [5.41, 5.74) is 3.11. The van der Waals surface area contributed by atoms with E-state index in [4.69, 9.17) is 4.74 Å². The maximum absolute atomic E-state index is 11.9. The Hall–Kier alpha value is -1.03. The number of carbonyl (C=O) groups is 1. The largest absolute Gasteiger partial charge is 0.465 e. The second-order valence-electron chi connectivity index (χ2n) is 6.62. The molecule has 1 aliphatic heterocycles. The molecule has 21 heavy (non-hydrogen) atoms. The summed E-state index contributed by atoms with van der Waals surface area (Å²) in [4.78, 5) is 14.3. The van der Waals surface area contributed by atoms with Crippen LogP contribution in [0.1, 0.15) is 56.5 Å². The summed E-state index contributed by atoms with van der Waals surface area (Å²) in [6.45, 7) is 9.97. The summed E-state index contributed by atoms with van der Waals surface area (Å²) in [5.74, 6) is -0.283. The number of fused-ring (bicyclic) bond motifs is 1. The van der Waals surface area contributed by atoms with Crippen molar-refractivity contribution in [3.63, 3.8) is 0 Å². The number of hydrogen-bond donors (Lipinski definition) is 0. The van der Waals surface area contributed by atoms with Gasteiger partial charge in [-0.1, -0.05) is 13.8 Å². The van der Waals surface area contributed by atoms with Crippen LogP contribution in [0, 0.1) is 0 Å². The zero-order chi connectivity index (χ0) is 15.8. The van der Waals surface area contributed by atoms with E-state index in [1.54, 1.807) is 0 Å². The average molecular weight is 354 g/mol. The molecule has 0 aliphatic carbocycles. The molecule has 0 unspecified atom stereocenters. The molecule has 1 aromatic carbocycles. The maximum Gasteiger partial charge on any atom is 0.337 e. The van der Waals surface area contributed by atoms with E-state index in [0.29, 0.717) is 11.6 Å². The number of ether oxygens (including phenoxy) is 1. The molecule has 0 N–H and O–H groups in total. The number of methoxy groups -OCH3 is 1. The van der Waals surface area contributed by atoms with Crippen molar-refractivity contribution < 1.29 is 9.53 Å². The van der Waals surface area contributed by atoms with Crippen LogP contribution in [0.4, 0.5) is 5.69 Å². The minimum Gasteiger partial charge on any atom is -0.465 e. The minimum absolute atomic E-state index is 0.0471. The highest BCUT2D eigenvalue weighted by molar-refractivity contribution is 9.10. The summed E-state index contributed by atoms with van der Waals surface area (Å²) in [6.07, 6.45) is 2.26. The molecule has 2 rings (SSSR count). The Morgan fingerprint density at radius 1 is 1.38 bits per heavy atom. The van der Waals surface area contributed by atoms with Gasteiger partial charge in [0.25, 0.3) is 0 Å². The van der Waals surface area contributed by atoms with Gasteiger partial charge in [0.2, 0.25) is 0 Å². The molecule has 0 saturated carbocycles. The van der Waals surface area contributed by atoms with Gasteiger partial charge in [0.15, 0.2) is 0 Å². The van der Waals surface area contributed by atoms with E-state index in [1.807, 2.05) is 12.1 Å². The predicted octanol–water partition coefficient (Wildman–Crippen LogP) is 4.52. The van der Waals surface area contributed by atoms with Gasteiger partial charge in [0.05, 0.1) is 18.4 Å². The molecule has 1 heterocycles. The van der Waals surface area contributed by atoms with Crippen LogP contribution in [0.3, 0.4) is 0 Å². The van der Waals surface area contributed by atoms with E-state index in [2.05, 4.69) is 48.5 Å². The third-order valence-electron chi connectivity index (χ3n) is 4.32. The number of rotatable bonds is 2. The number of nitrogens with zero attached hydrogens (tertiary/aromatic N) is 1. The summed E-state index contributed by atoms with van der Waals surface area (Å²) in [7, 11) is 1.42. The van der Waals surface area contributed by atoms with Crippen molar-refractivity contribution in [3.8, 4) is 0 Å². The Morgan fingerprint density at radius 2 is 2.05 bits per heavy atom. The van der Waals surface area contributed by atoms with Crippen LogP contribution < -0.4 is 4.90 Å². The molecule has 0 saturated heterocycles. The number of halogens is 1. The van der Waals surface area contributed by atoms with E-state index in [9.17, 15) is 4.79 Å². The van der Waals surface area contributed by atoms with Gasteiger partial charge in [-0.05, 0) is 65.7 Å². The lowest BCUT2D eigenvalue weighted by Crippen LogP contribution is -2.32. The molecule has 0 fully saturated rings. The molecular formula is C17H24BrNO2. The van der Waals surface area contributed by atoms with Crippen molar-refractivity contribution in [1.82, 2.24) is 0 Å². The highest BCUT2D eigenvalue weighted by atomic mass is 79.9. The van der Waals surface area contributed by atoms with Crippen molar-refractivity contribution in [1.29, 1.82) is 0 Å². The van der Waals surface area contributed by atoms with Crippen molar-refractivity contribution in [2.75, 3.05) is 18.6 Å². The lowest BCUT2D eigenvalue weighted by molar-refractivity contribution is 0.0600. The van der Waals surface area contributed by atoms with Gasteiger partial charge >= 0.3 is 5.97 Å². The van der Waals surface area contributed by atoms with Gasteiger partial charge in [-0.2, -0.15) is 0 Å². The molecule has 1 aliphatic rings. The third kappa shape index (κ3) is 3.10. The summed E-state index contributed by atoms with van der Waals surface area (Å²) >= 11 is 3.68. The zero-order valence-electron chi connectivity index (χ0n) is 13.5. The SMILES string of the molecule is COC(=O)c1cc(Br)c2c(c1)C(C)(C)CCCN2C(C)C. The van der Waals surface area contributed by atoms with Crippen LogP contribution in [0.25, 0.3) is 0 Å². The number of benzene rings is 1. The fraction of sp³-hybridized carbons (Fsp3) is 0.588. The van der Waals surface area contributed by atoms with E-state index < -0.39 is 0 Å². The molecule has 0 bridgehead atoms. The lowest BCUT2D eigenvalue weighted by Gasteiger charge is -2.32. The van der Waals surface area contributed by atoms with Crippen molar-refractivity contribution >= 4 is 27.6 Å². The van der Waals surface area contributed by atoms with Crippen molar-refractivity contribution in [3.05, 3.63) is 27.7 Å². The van der Waals surface area contributed by atoms with Crippen LogP contribution in [0.5, 0.6) is 0 Å². The standard InChI is InChI=1S/C17H24BrNO2/c1-11(2)19-8-6-7-17(3,4)13-9-12(16(20)21-5)10-14(18)15(13)19/h9-11H,6-8H2,1-5H3. The maximum atomic E-state index is 11.9. The summed E-state index contributed by atoms with van der Waals surface area (Å²) < 4.78 is 5.86. The molecule has 0 radical (unpaired) electrons. The van der Waals surface area contributed by atoms with Crippen LogP contribution in [0.15, 0.2) is 16.6 Å². The molecule has 0 aromatic heterocycles. The molecule has 116 valence electrons. The number of esters is 1. The summed E-state index contributed by atoms with van der Waals surface area (Å²) in [5, 5.41) is 0. The second-order valence-corrected chi connectivity index (χ2v) is 7.47. The van der Waals surface area contributed by atoms with Crippen LogP contribution in [-0.4, -0.2) is 25.7 Å². The highest BCUT2D eigenvalue weighted by Crippen LogP contribution is 2.44. The lowest BCUT2D eigenvalue weighted by atomic mass is 9.80. The second kappa shape index (κ2) is 5.99. The monoisotopic (exact) mass is 353 g/mol. The van der Waals surface area contributed by atoms with Crippen molar-refractivity contribution in [2.45, 2.75) is 52.0 Å².